The van der Waals surface area contributed by atoms with Crippen LogP contribution in [0.5, 0.6) is 0 Å². The lowest BCUT2D eigenvalue weighted by Crippen LogP contribution is -2.17. The Balaban J connectivity index is 2.55. The van der Waals surface area contributed by atoms with E-state index in [2.05, 4.69) is 52.0 Å². The Kier molecular flexibility index (Phi) is 4.99. The van der Waals surface area contributed by atoms with Gasteiger partial charge in [0.1, 0.15) is 5.82 Å². The minimum atomic E-state index is 0.293. The van der Waals surface area contributed by atoms with E-state index >= 15 is 0 Å². The van der Waals surface area contributed by atoms with Crippen LogP contribution in [-0.4, -0.2) is 16.0 Å². The highest BCUT2D eigenvalue weighted by Crippen LogP contribution is 2.21. The van der Waals surface area contributed by atoms with Gasteiger partial charge in [0.05, 0.1) is 4.47 Å². The number of nitrogens with zero attached hydrogens (tertiary/aromatic N) is 2. The molecular formula is C11H19BrN4. The zero-order chi connectivity index (χ0) is 12.1. The summed E-state index contributed by atoms with van der Waals surface area (Å²) in [7, 11) is 0. The van der Waals surface area contributed by atoms with Gasteiger partial charge in [-0.25, -0.2) is 4.98 Å². The van der Waals surface area contributed by atoms with Crippen LogP contribution >= 0.6 is 15.9 Å². The van der Waals surface area contributed by atoms with Gasteiger partial charge in [-0.2, -0.15) is 4.98 Å². The van der Waals surface area contributed by atoms with Crippen molar-refractivity contribution in [3.63, 3.8) is 0 Å². The standard InChI is InChI=1S/C11H19BrN4/c1-7(2)4-5-8(3)15-10-9(12)6-14-11(13)16-10/h6-8H,4-5H2,1-3H3,(H3,13,14,15,16). The highest BCUT2D eigenvalue weighted by molar-refractivity contribution is 9.10. The molecule has 0 amide bonds. The molecule has 5 heteroatoms. The largest absolute Gasteiger partial charge is 0.368 e. The summed E-state index contributed by atoms with van der Waals surface area (Å²) in [6, 6.07) is 0.382. The third kappa shape index (κ3) is 4.35. The molecule has 3 N–H and O–H groups in total. The Labute approximate surface area is 105 Å². The molecule has 0 aromatic carbocycles. The summed E-state index contributed by atoms with van der Waals surface area (Å²) in [6.45, 7) is 6.60. The van der Waals surface area contributed by atoms with Gasteiger partial charge in [0.15, 0.2) is 0 Å². The van der Waals surface area contributed by atoms with Crippen LogP contribution in [0.1, 0.15) is 33.6 Å². The Bertz CT molecular complexity index is 341. The molecular weight excluding hydrogens is 268 g/mol. The molecule has 16 heavy (non-hydrogen) atoms. The number of nitrogens with two attached hydrogens (primary N) is 1. The van der Waals surface area contributed by atoms with Gasteiger partial charge >= 0.3 is 0 Å². The van der Waals surface area contributed by atoms with E-state index in [0.717, 1.165) is 22.6 Å². The van der Waals surface area contributed by atoms with Crippen LogP contribution in [0.25, 0.3) is 0 Å². The average molecular weight is 287 g/mol. The van der Waals surface area contributed by atoms with Crippen LogP contribution in [0.15, 0.2) is 10.7 Å². The first-order valence-corrected chi connectivity index (χ1v) is 6.33. The number of nitrogen functional groups attached to an aromatic ring is 1. The van der Waals surface area contributed by atoms with Crippen molar-refractivity contribution < 1.29 is 0 Å². The Morgan fingerprint density at radius 3 is 2.69 bits per heavy atom. The molecule has 1 atom stereocenters. The van der Waals surface area contributed by atoms with Gasteiger partial charge in [-0.3, -0.25) is 0 Å². The second-order valence-electron chi connectivity index (χ2n) is 4.44. The van der Waals surface area contributed by atoms with Crippen molar-refractivity contribution in [2.75, 3.05) is 11.1 Å². The quantitative estimate of drug-likeness (QED) is 0.873. The minimum absolute atomic E-state index is 0.293. The maximum atomic E-state index is 5.54. The van der Waals surface area contributed by atoms with Crippen molar-refractivity contribution >= 4 is 27.7 Å². The molecule has 1 aromatic rings. The predicted octanol–water partition coefficient (Wildman–Crippen LogP) is 3.06. The summed E-state index contributed by atoms with van der Waals surface area (Å²) in [6.07, 6.45) is 3.99. The predicted molar refractivity (Wildman–Crippen MR) is 71.3 cm³/mol. The first kappa shape index (κ1) is 13.2. The molecule has 1 rings (SSSR count). The molecule has 1 aromatic heterocycles. The average Bonchev–Trinajstić information content (AvgIpc) is 2.20. The van der Waals surface area contributed by atoms with E-state index in [-0.39, 0.29) is 0 Å². The van der Waals surface area contributed by atoms with Crippen molar-refractivity contribution in [3.8, 4) is 0 Å². The van der Waals surface area contributed by atoms with Gasteiger partial charge < -0.3 is 11.1 Å². The van der Waals surface area contributed by atoms with Crippen LogP contribution < -0.4 is 11.1 Å². The molecule has 90 valence electrons. The molecule has 0 spiro atoms. The van der Waals surface area contributed by atoms with E-state index in [4.69, 9.17) is 5.73 Å². The molecule has 0 aliphatic rings. The fourth-order valence-corrected chi connectivity index (χ4v) is 1.68. The van der Waals surface area contributed by atoms with Gasteiger partial charge in [0.25, 0.3) is 0 Å². The lowest BCUT2D eigenvalue weighted by molar-refractivity contribution is 0.527. The van der Waals surface area contributed by atoms with E-state index in [1.807, 2.05) is 0 Å². The topological polar surface area (TPSA) is 63.8 Å². The maximum absolute atomic E-state index is 5.54. The summed E-state index contributed by atoms with van der Waals surface area (Å²) in [5.74, 6) is 1.79. The normalized spacial score (nSPS) is 12.8. The molecule has 4 nitrogen and oxygen atoms in total. The van der Waals surface area contributed by atoms with Crippen LogP contribution in [0.2, 0.25) is 0 Å². The van der Waals surface area contributed by atoms with Crippen molar-refractivity contribution in [2.45, 2.75) is 39.7 Å². The van der Waals surface area contributed by atoms with Crippen molar-refractivity contribution in [3.05, 3.63) is 10.7 Å². The highest BCUT2D eigenvalue weighted by Gasteiger charge is 2.08. The van der Waals surface area contributed by atoms with Gasteiger partial charge in [0.2, 0.25) is 5.95 Å². The number of aromatic nitrogens is 2. The fourth-order valence-electron chi connectivity index (χ4n) is 1.37. The van der Waals surface area contributed by atoms with E-state index in [0.29, 0.717) is 12.0 Å². The van der Waals surface area contributed by atoms with Crippen LogP contribution in [0, 0.1) is 5.92 Å². The zero-order valence-electron chi connectivity index (χ0n) is 10.00. The summed E-state index contributed by atoms with van der Waals surface area (Å²) in [5, 5.41) is 3.33. The first-order valence-electron chi connectivity index (χ1n) is 5.53. The molecule has 0 fully saturated rings. The fraction of sp³-hybridized carbons (Fsp3) is 0.636. The molecule has 0 radical (unpaired) electrons. The van der Waals surface area contributed by atoms with Crippen molar-refractivity contribution in [2.24, 2.45) is 5.92 Å². The first-order chi connectivity index (χ1) is 7.49. The number of nitrogens with one attached hydrogen (secondary N) is 1. The van der Waals surface area contributed by atoms with Crippen LogP contribution in [0.4, 0.5) is 11.8 Å². The lowest BCUT2D eigenvalue weighted by atomic mass is 10.0. The van der Waals surface area contributed by atoms with Gasteiger partial charge in [-0.1, -0.05) is 13.8 Å². The number of hydrogen-bond acceptors (Lipinski definition) is 4. The van der Waals surface area contributed by atoms with E-state index < -0.39 is 0 Å². The van der Waals surface area contributed by atoms with Crippen LogP contribution in [-0.2, 0) is 0 Å². The molecule has 0 aliphatic carbocycles. The Hall–Kier alpha value is -0.840. The molecule has 0 bridgehead atoms. The third-order valence-electron chi connectivity index (χ3n) is 2.32. The van der Waals surface area contributed by atoms with E-state index in [1.165, 1.54) is 6.42 Å². The molecule has 0 saturated carbocycles. The minimum Gasteiger partial charge on any atom is -0.368 e. The maximum Gasteiger partial charge on any atom is 0.221 e. The summed E-state index contributed by atoms with van der Waals surface area (Å²) in [5.41, 5.74) is 5.54. The summed E-state index contributed by atoms with van der Waals surface area (Å²) < 4.78 is 0.845. The van der Waals surface area contributed by atoms with Crippen LogP contribution in [0.3, 0.4) is 0 Å². The SMILES string of the molecule is CC(C)CCC(C)Nc1nc(N)ncc1Br. The second-order valence-corrected chi connectivity index (χ2v) is 5.30. The zero-order valence-corrected chi connectivity index (χ0v) is 11.6. The number of halogens is 1. The molecule has 1 heterocycles. The highest BCUT2D eigenvalue weighted by atomic mass is 79.9. The van der Waals surface area contributed by atoms with Crippen molar-refractivity contribution in [1.82, 2.24) is 9.97 Å². The number of anilines is 2. The Morgan fingerprint density at radius 1 is 1.38 bits per heavy atom. The van der Waals surface area contributed by atoms with Crippen molar-refractivity contribution in [1.29, 1.82) is 0 Å². The monoisotopic (exact) mass is 286 g/mol. The van der Waals surface area contributed by atoms with E-state index in [9.17, 15) is 0 Å². The summed E-state index contributed by atoms with van der Waals surface area (Å²) >= 11 is 3.40. The molecule has 0 aliphatic heterocycles. The lowest BCUT2D eigenvalue weighted by Gasteiger charge is -2.16. The Morgan fingerprint density at radius 2 is 2.06 bits per heavy atom. The van der Waals surface area contributed by atoms with Gasteiger partial charge in [0, 0.05) is 12.2 Å². The summed E-state index contributed by atoms with van der Waals surface area (Å²) in [4.78, 5) is 8.05. The number of rotatable bonds is 5. The second kappa shape index (κ2) is 6.03. The smallest absolute Gasteiger partial charge is 0.221 e. The molecule has 0 saturated heterocycles. The van der Waals surface area contributed by atoms with Gasteiger partial charge in [-0.15, -0.1) is 0 Å². The third-order valence-corrected chi connectivity index (χ3v) is 2.90. The molecule has 1 unspecified atom stereocenters. The van der Waals surface area contributed by atoms with Gasteiger partial charge in [-0.05, 0) is 41.6 Å². The van der Waals surface area contributed by atoms with E-state index in [1.54, 1.807) is 6.20 Å². The number of hydrogen-bond donors (Lipinski definition) is 2.